The average Bonchev–Trinajstić information content (AvgIpc) is 3.10. The third-order valence-electron chi connectivity index (χ3n) is 4.18. The zero-order valence-corrected chi connectivity index (χ0v) is 19.3. The van der Waals surface area contributed by atoms with E-state index in [0.717, 1.165) is 77.7 Å². The molecule has 0 amide bonds. The van der Waals surface area contributed by atoms with Gasteiger partial charge >= 0.3 is 0 Å². The van der Waals surface area contributed by atoms with Crippen LogP contribution in [0.15, 0.2) is 11.2 Å². The SMILES string of the molecule is CCNC(=NCCCCN1CCOCC1)NCCc1ncc(CC)s1.I. The molecule has 0 aromatic carbocycles. The summed E-state index contributed by atoms with van der Waals surface area (Å²) in [5.74, 6) is 0.918. The topological polar surface area (TPSA) is 61.8 Å². The predicted octanol–water partition coefficient (Wildman–Crippen LogP) is 2.53. The van der Waals surface area contributed by atoms with Crippen LogP contribution in [-0.2, 0) is 17.6 Å². The number of guanidine groups is 1. The van der Waals surface area contributed by atoms with Crippen molar-refractivity contribution in [2.45, 2.75) is 39.5 Å². The molecule has 8 heteroatoms. The molecule has 150 valence electrons. The Morgan fingerprint density at radius 2 is 2.08 bits per heavy atom. The molecule has 0 saturated carbocycles. The number of aliphatic imine (C=N–C) groups is 1. The van der Waals surface area contributed by atoms with Crippen molar-refractivity contribution in [3.63, 3.8) is 0 Å². The third kappa shape index (κ3) is 9.48. The number of nitrogens with one attached hydrogen (secondary N) is 2. The first-order valence-corrected chi connectivity index (χ1v) is 10.4. The first-order chi connectivity index (χ1) is 12.3. The molecule has 2 N–H and O–H groups in total. The number of rotatable bonds is 10. The van der Waals surface area contributed by atoms with Crippen molar-refractivity contribution in [3.05, 3.63) is 16.1 Å². The Bertz CT molecular complexity index is 506. The highest BCUT2D eigenvalue weighted by Gasteiger charge is 2.09. The Morgan fingerprint density at radius 1 is 1.27 bits per heavy atom. The molecule has 2 heterocycles. The highest BCUT2D eigenvalue weighted by Crippen LogP contribution is 2.13. The molecule has 26 heavy (non-hydrogen) atoms. The van der Waals surface area contributed by atoms with E-state index in [2.05, 4.69) is 39.4 Å². The zero-order chi connectivity index (χ0) is 17.7. The van der Waals surface area contributed by atoms with Gasteiger partial charge in [-0.3, -0.25) is 9.89 Å². The highest BCUT2D eigenvalue weighted by molar-refractivity contribution is 14.0. The number of unbranched alkanes of at least 4 members (excludes halogenated alkanes) is 1. The summed E-state index contributed by atoms with van der Waals surface area (Å²) < 4.78 is 5.38. The van der Waals surface area contributed by atoms with Crippen LogP contribution < -0.4 is 10.6 Å². The van der Waals surface area contributed by atoms with Gasteiger partial charge in [0.1, 0.15) is 0 Å². The molecule has 0 spiro atoms. The van der Waals surface area contributed by atoms with Gasteiger partial charge in [0.05, 0.1) is 18.2 Å². The van der Waals surface area contributed by atoms with Crippen molar-refractivity contribution < 1.29 is 4.74 Å². The molecule has 1 aromatic heterocycles. The van der Waals surface area contributed by atoms with Crippen LogP contribution in [0.5, 0.6) is 0 Å². The van der Waals surface area contributed by atoms with E-state index >= 15 is 0 Å². The molecular formula is C18H34IN5OS. The Kier molecular flexibility index (Phi) is 13.2. The minimum atomic E-state index is 0. The smallest absolute Gasteiger partial charge is 0.191 e. The molecule has 0 radical (unpaired) electrons. The number of ether oxygens (including phenoxy) is 1. The summed E-state index contributed by atoms with van der Waals surface area (Å²) in [7, 11) is 0. The van der Waals surface area contributed by atoms with E-state index in [1.54, 1.807) is 0 Å². The van der Waals surface area contributed by atoms with Crippen LogP contribution >= 0.6 is 35.3 Å². The Balaban J connectivity index is 0.00000338. The second-order valence-electron chi connectivity index (χ2n) is 6.17. The van der Waals surface area contributed by atoms with Crippen molar-refractivity contribution in [2.24, 2.45) is 4.99 Å². The number of morpholine rings is 1. The lowest BCUT2D eigenvalue weighted by Gasteiger charge is -2.26. The molecule has 1 aromatic rings. The minimum absolute atomic E-state index is 0. The number of halogens is 1. The molecule has 1 saturated heterocycles. The van der Waals surface area contributed by atoms with Gasteiger partial charge in [0.15, 0.2) is 5.96 Å². The second-order valence-corrected chi connectivity index (χ2v) is 7.37. The fourth-order valence-electron chi connectivity index (χ4n) is 2.72. The van der Waals surface area contributed by atoms with E-state index in [1.165, 1.54) is 16.3 Å². The van der Waals surface area contributed by atoms with Gasteiger partial charge < -0.3 is 15.4 Å². The monoisotopic (exact) mass is 495 g/mol. The van der Waals surface area contributed by atoms with Crippen LogP contribution in [0.1, 0.15) is 36.6 Å². The summed E-state index contributed by atoms with van der Waals surface area (Å²) in [5.41, 5.74) is 0. The first kappa shape index (κ1) is 23.6. The number of aromatic nitrogens is 1. The molecule has 1 aliphatic heterocycles. The van der Waals surface area contributed by atoms with Crippen LogP contribution in [-0.4, -0.2) is 68.3 Å². The summed E-state index contributed by atoms with van der Waals surface area (Å²) in [6.07, 6.45) is 6.33. The molecule has 1 fully saturated rings. The first-order valence-electron chi connectivity index (χ1n) is 9.57. The van der Waals surface area contributed by atoms with Crippen molar-refractivity contribution in [3.8, 4) is 0 Å². The van der Waals surface area contributed by atoms with E-state index in [4.69, 9.17) is 4.74 Å². The van der Waals surface area contributed by atoms with Crippen LogP contribution in [0.4, 0.5) is 0 Å². The zero-order valence-electron chi connectivity index (χ0n) is 16.1. The van der Waals surface area contributed by atoms with Gasteiger partial charge in [0.2, 0.25) is 0 Å². The van der Waals surface area contributed by atoms with Crippen LogP contribution in [0.25, 0.3) is 0 Å². The summed E-state index contributed by atoms with van der Waals surface area (Å²) in [6.45, 7) is 12.0. The normalized spacial score (nSPS) is 15.5. The van der Waals surface area contributed by atoms with Gasteiger partial charge in [-0.25, -0.2) is 4.98 Å². The lowest BCUT2D eigenvalue weighted by atomic mass is 10.3. The molecule has 0 unspecified atom stereocenters. The maximum Gasteiger partial charge on any atom is 0.191 e. The largest absolute Gasteiger partial charge is 0.379 e. The number of hydrogen-bond acceptors (Lipinski definition) is 5. The van der Waals surface area contributed by atoms with E-state index in [-0.39, 0.29) is 24.0 Å². The summed E-state index contributed by atoms with van der Waals surface area (Å²) in [6, 6.07) is 0. The van der Waals surface area contributed by atoms with Crippen LogP contribution in [0.2, 0.25) is 0 Å². The number of thiazole rings is 1. The summed E-state index contributed by atoms with van der Waals surface area (Å²) in [5, 5.41) is 7.94. The Morgan fingerprint density at radius 3 is 2.77 bits per heavy atom. The Hall–Kier alpha value is -0.450. The number of hydrogen-bond donors (Lipinski definition) is 2. The quantitative estimate of drug-likeness (QED) is 0.226. The maximum atomic E-state index is 5.38. The van der Waals surface area contributed by atoms with Gasteiger partial charge in [0, 0.05) is 50.2 Å². The van der Waals surface area contributed by atoms with E-state index in [1.807, 2.05) is 17.5 Å². The van der Waals surface area contributed by atoms with Crippen molar-refractivity contribution in [1.29, 1.82) is 0 Å². The fraction of sp³-hybridized carbons (Fsp3) is 0.778. The van der Waals surface area contributed by atoms with Gasteiger partial charge in [-0.1, -0.05) is 6.92 Å². The van der Waals surface area contributed by atoms with Gasteiger partial charge in [0.25, 0.3) is 0 Å². The molecule has 0 atom stereocenters. The standard InChI is InChI=1S/C18H33N5OS.HI/c1-3-16-15-22-17(25-16)7-9-21-18(19-4-2)20-8-5-6-10-23-11-13-24-14-12-23;/h15H,3-14H2,1-2H3,(H2,19,20,21);1H. The van der Waals surface area contributed by atoms with Gasteiger partial charge in [-0.15, -0.1) is 35.3 Å². The Labute approximate surface area is 179 Å². The lowest BCUT2D eigenvalue weighted by molar-refractivity contribution is 0.0373. The second kappa shape index (κ2) is 14.6. The van der Waals surface area contributed by atoms with Crippen molar-refractivity contribution in [1.82, 2.24) is 20.5 Å². The summed E-state index contributed by atoms with van der Waals surface area (Å²) >= 11 is 1.81. The van der Waals surface area contributed by atoms with E-state index < -0.39 is 0 Å². The van der Waals surface area contributed by atoms with E-state index in [0.29, 0.717) is 0 Å². The molecular weight excluding hydrogens is 461 g/mol. The number of aryl methyl sites for hydroxylation is 1. The molecule has 0 bridgehead atoms. The van der Waals surface area contributed by atoms with Gasteiger partial charge in [-0.05, 0) is 32.7 Å². The van der Waals surface area contributed by atoms with Crippen LogP contribution in [0.3, 0.4) is 0 Å². The maximum absolute atomic E-state index is 5.38. The summed E-state index contributed by atoms with van der Waals surface area (Å²) in [4.78, 5) is 13.0. The average molecular weight is 495 g/mol. The van der Waals surface area contributed by atoms with Gasteiger partial charge in [-0.2, -0.15) is 0 Å². The molecule has 1 aliphatic rings. The number of nitrogens with zero attached hydrogens (tertiary/aromatic N) is 3. The van der Waals surface area contributed by atoms with Crippen molar-refractivity contribution in [2.75, 3.05) is 52.5 Å². The minimum Gasteiger partial charge on any atom is -0.379 e. The highest BCUT2D eigenvalue weighted by atomic mass is 127. The van der Waals surface area contributed by atoms with Crippen LogP contribution in [0, 0.1) is 0 Å². The fourth-order valence-corrected chi connectivity index (χ4v) is 3.58. The third-order valence-corrected chi connectivity index (χ3v) is 5.38. The molecule has 2 rings (SSSR count). The molecule has 6 nitrogen and oxygen atoms in total. The molecule has 0 aliphatic carbocycles. The van der Waals surface area contributed by atoms with E-state index in [9.17, 15) is 0 Å². The predicted molar refractivity (Wildman–Crippen MR) is 121 cm³/mol. The van der Waals surface area contributed by atoms with Crippen molar-refractivity contribution >= 4 is 41.3 Å². The lowest BCUT2D eigenvalue weighted by Crippen LogP contribution is -2.38.